The summed E-state index contributed by atoms with van der Waals surface area (Å²) in [5.74, 6) is -3.51. The first kappa shape index (κ1) is 26.1. The first-order chi connectivity index (χ1) is 15.8. The summed E-state index contributed by atoms with van der Waals surface area (Å²) < 4.78 is 81.9. The minimum Gasteiger partial charge on any atom is -0.378 e. The number of ether oxygens (including phenoxy) is 2. The minimum atomic E-state index is -5.25. The average molecular weight is 509 g/mol. The van der Waals surface area contributed by atoms with Crippen LogP contribution >= 0.6 is 11.6 Å². The van der Waals surface area contributed by atoms with Gasteiger partial charge < -0.3 is 24.9 Å². The number of hydrogen-bond acceptors (Lipinski definition) is 5. The number of fused-ring (bicyclic) bond motifs is 1. The summed E-state index contributed by atoms with van der Waals surface area (Å²) >= 11 is 5.86. The molecule has 186 valence electrons. The highest BCUT2D eigenvalue weighted by molar-refractivity contribution is 6.30. The normalized spacial score (nSPS) is 21.6. The van der Waals surface area contributed by atoms with E-state index in [9.17, 15) is 27.5 Å². The molecule has 0 radical (unpaired) electrons. The van der Waals surface area contributed by atoms with Gasteiger partial charge in [-0.15, -0.1) is 0 Å². The zero-order chi connectivity index (χ0) is 25.3. The lowest BCUT2D eigenvalue weighted by atomic mass is 9.82. The third kappa shape index (κ3) is 4.97. The molecule has 3 unspecified atom stereocenters. The van der Waals surface area contributed by atoms with Gasteiger partial charge in [0.25, 0.3) is 0 Å². The smallest absolute Gasteiger partial charge is 0.378 e. The van der Waals surface area contributed by atoms with Crippen LogP contribution < -0.4 is 10.9 Å². The van der Waals surface area contributed by atoms with Gasteiger partial charge >= 0.3 is 6.18 Å². The summed E-state index contributed by atoms with van der Waals surface area (Å²) in [5, 5.41) is 13.2. The molecule has 1 aliphatic carbocycles. The van der Waals surface area contributed by atoms with Gasteiger partial charge in [0.1, 0.15) is 5.82 Å². The van der Waals surface area contributed by atoms with Gasteiger partial charge in [0.2, 0.25) is 17.0 Å². The fourth-order valence-electron chi connectivity index (χ4n) is 3.69. The molecular formula is C22H22ClF5N2O4. The van der Waals surface area contributed by atoms with Crippen LogP contribution in [-0.2, 0) is 9.47 Å². The first-order valence-corrected chi connectivity index (χ1v) is 10.5. The summed E-state index contributed by atoms with van der Waals surface area (Å²) in [6.07, 6.45) is -3.86. The summed E-state index contributed by atoms with van der Waals surface area (Å²) in [5.41, 5.74) is -4.57. The number of aromatic amines is 1. The molecular weight excluding hydrogens is 487 g/mol. The first-order valence-electron chi connectivity index (χ1n) is 10.1. The maximum atomic E-state index is 15.2. The summed E-state index contributed by atoms with van der Waals surface area (Å²) in [6.45, 7) is 0.0937. The van der Waals surface area contributed by atoms with Crippen LogP contribution in [0, 0.1) is 5.82 Å². The Balaban J connectivity index is 2.21. The van der Waals surface area contributed by atoms with Crippen molar-refractivity contribution in [3.63, 3.8) is 0 Å². The van der Waals surface area contributed by atoms with Crippen molar-refractivity contribution in [1.29, 1.82) is 0 Å². The van der Waals surface area contributed by atoms with Crippen molar-refractivity contribution in [2.24, 2.45) is 0 Å². The van der Waals surface area contributed by atoms with Gasteiger partial charge in [0, 0.05) is 37.3 Å². The predicted octanol–water partition coefficient (Wildman–Crippen LogP) is 4.54. The van der Waals surface area contributed by atoms with E-state index < -0.39 is 53.1 Å². The molecule has 0 saturated heterocycles. The number of pyridine rings is 1. The van der Waals surface area contributed by atoms with Crippen LogP contribution in [0.1, 0.15) is 13.3 Å². The molecule has 0 aliphatic heterocycles. The van der Waals surface area contributed by atoms with Crippen molar-refractivity contribution in [3.05, 3.63) is 63.2 Å². The molecule has 2 aromatic rings. The third-order valence-corrected chi connectivity index (χ3v) is 5.93. The Morgan fingerprint density at radius 1 is 1.29 bits per heavy atom. The Kier molecular flexibility index (Phi) is 7.42. The van der Waals surface area contributed by atoms with E-state index in [1.807, 2.05) is 0 Å². The number of rotatable bonds is 8. The standard InChI is InChI=1S/C22H22ClF5N2O4/c1-3-34-11-20(32,22(26,27)28)19(12-4-6-17(23)21(25,10-12)33-2)30-16-9-13(24)8-15-14(16)5-7-18(31)29-15/h4-9,19,30,32H,3,10-11H2,1-2H3,(H,29,31). The number of anilines is 1. The Hall–Kier alpha value is -2.47. The SMILES string of the molecule is CCOCC(O)(C(Nc1cc(F)cc2[nH]c(=O)ccc12)C1=CC=C(Cl)C(F)(OC)C1)C(F)(F)F. The number of methoxy groups -OCH3 is 1. The van der Waals surface area contributed by atoms with Crippen LogP contribution in [0.3, 0.4) is 0 Å². The van der Waals surface area contributed by atoms with E-state index in [0.29, 0.717) is 0 Å². The molecule has 0 bridgehead atoms. The lowest BCUT2D eigenvalue weighted by Crippen LogP contribution is -2.61. The number of halogens is 6. The van der Waals surface area contributed by atoms with E-state index in [2.05, 4.69) is 10.3 Å². The van der Waals surface area contributed by atoms with E-state index >= 15 is 4.39 Å². The van der Waals surface area contributed by atoms with E-state index in [0.717, 1.165) is 37.5 Å². The lowest BCUT2D eigenvalue weighted by molar-refractivity contribution is -0.277. The number of nitrogens with one attached hydrogen (secondary N) is 2. The van der Waals surface area contributed by atoms with Crippen LogP contribution in [0.25, 0.3) is 10.9 Å². The molecule has 1 aliphatic rings. The second-order valence-corrected chi connectivity index (χ2v) is 8.15. The van der Waals surface area contributed by atoms with Gasteiger partial charge in [-0.3, -0.25) is 4.79 Å². The Labute approximate surface area is 196 Å². The van der Waals surface area contributed by atoms with Crippen LogP contribution in [0.2, 0.25) is 0 Å². The third-order valence-electron chi connectivity index (χ3n) is 5.52. The van der Waals surface area contributed by atoms with Crippen LogP contribution in [-0.4, -0.2) is 54.1 Å². The fraction of sp³-hybridized carbons (Fsp3) is 0.409. The van der Waals surface area contributed by atoms with Gasteiger partial charge in [-0.25, -0.2) is 8.78 Å². The highest BCUT2D eigenvalue weighted by Gasteiger charge is 2.61. The highest BCUT2D eigenvalue weighted by atomic mass is 35.5. The molecule has 34 heavy (non-hydrogen) atoms. The number of aromatic nitrogens is 1. The predicted molar refractivity (Wildman–Crippen MR) is 117 cm³/mol. The Morgan fingerprint density at radius 3 is 2.62 bits per heavy atom. The molecule has 0 saturated carbocycles. The van der Waals surface area contributed by atoms with E-state index in [1.165, 1.54) is 13.0 Å². The molecule has 0 fully saturated rings. The van der Waals surface area contributed by atoms with E-state index in [-0.39, 0.29) is 28.8 Å². The van der Waals surface area contributed by atoms with Crippen LogP contribution in [0.15, 0.2) is 51.8 Å². The summed E-state index contributed by atoms with van der Waals surface area (Å²) in [6, 6.07) is 2.23. The van der Waals surface area contributed by atoms with Crippen molar-refractivity contribution in [3.8, 4) is 0 Å². The van der Waals surface area contributed by atoms with Gasteiger partial charge in [0.15, 0.2) is 0 Å². The second-order valence-electron chi connectivity index (χ2n) is 7.74. The number of alkyl halides is 4. The molecule has 1 aromatic carbocycles. The minimum absolute atomic E-state index is 0.00593. The monoisotopic (exact) mass is 508 g/mol. The molecule has 1 aromatic heterocycles. The summed E-state index contributed by atoms with van der Waals surface area (Å²) in [7, 11) is 0.994. The molecule has 3 rings (SSSR count). The topological polar surface area (TPSA) is 83.6 Å². The van der Waals surface area contributed by atoms with E-state index in [1.54, 1.807) is 0 Å². The number of allylic oxidation sites excluding steroid dienone is 2. The van der Waals surface area contributed by atoms with Gasteiger partial charge in [-0.2, -0.15) is 13.2 Å². The molecule has 3 N–H and O–H groups in total. The van der Waals surface area contributed by atoms with Crippen LogP contribution in [0.5, 0.6) is 0 Å². The number of hydrogen-bond donors (Lipinski definition) is 3. The highest BCUT2D eigenvalue weighted by Crippen LogP contribution is 2.44. The quantitative estimate of drug-likeness (QED) is 0.456. The van der Waals surface area contributed by atoms with Gasteiger partial charge in [0.05, 0.1) is 23.2 Å². The molecule has 3 atom stereocenters. The maximum Gasteiger partial charge on any atom is 0.421 e. The Bertz CT molecular complexity index is 1180. The van der Waals surface area contributed by atoms with Crippen molar-refractivity contribution in [1.82, 2.24) is 4.98 Å². The largest absolute Gasteiger partial charge is 0.421 e. The number of H-pyrrole nitrogens is 1. The van der Waals surface area contributed by atoms with Crippen molar-refractivity contribution in [2.45, 2.75) is 37.0 Å². The molecule has 0 spiro atoms. The summed E-state index contributed by atoms with van der Waals surface area (Å²) in [4.78, 5) is 14.0. The zero-order valence-corrected chi connectivity index (χ0v) is 18.9. The molecule has 1 heterocycles. The van der Waals surface area contributed by atoms with Crippen molar-refractivity contribution >= 4 is 28.2 Å². The Morgan fingerprint density at radius 2 is 2.00 bits per heavy atom. The van der Waals surface area contributed by atoms with Gasteiger partial charge in [-0.1, -0.05) is 17.7 Å². The number of aliphatic hydroxyl groups is 1. The fourth-order valence-corrected chi connectivity index (χ4v) is 3.90. The van der Waals surface area contributed by atoms with Crippen molar-refractivity contribution in [2.75, 3.05) is 25.6 Å². The van der Waals surface area contributed by atoms with Crippen molar-refractivity contribution < 1.29 is 36.5 Å². The molecule has 12 heteroatoms. The molecule has 0 amide bonds. The number of benzene rings is 1. The van der Waals surface area contributed by atoms with E-state index in [4.69, 9.17) is 21.1 Å². The maximum absolute atomic E-state index is 15.2. The van der Waals surface area contributed by atoms with Crippen LogP contribution in [0.4, 0.5) is 27.6 Å². The average Bonchev–Trinajstić information content (AvgIpc) is 2.76. The van der Waals surface area contributed by atoms with Gasteiger partial charge in [-0.05, 0) is 36.8 Å². The second kappa shape index (κ2) is 9.65. The molecule has 6 nitrogen and oxygen atoms in total. The zero-order valence-electron chi connectivity index (χ0n) is 18.1. The lowest BCUT2D eigenvalue weighted by Gasteiger charge is -2.41.